The third-order valence-corrected chi connectivity index (χ3v) is 7.13. The Kier molecular flexibility index (Phi) is 5.86. The minimum Gasteiger partial charge on any atom is -0.374 e. The first-order valence-electron chi connectivity index (χ1n) is 10.6. The molecule has 0 aliphatic heterocycles. The summed E-state index contributed by atoms with van der Waals surface area (Å²) in [5, 5.41) is 14.4. The second-order valence-corrected chi connectivity index (χ2v) is 9.33. The van der Waals surface area contributed by atoms with Crippen molar-refractivity contribution in [2.45, 2.75) is 12.5 Å². The highest BCUT2D eigenvalue weighted by Gasteiger charge is 2.37. The van der Waals surface area contributed by atoms with Crippen molar-refractivity contribution in [3.63, 3.8) is 0 Å². The van der Waals surface area contributed by atoms with Gasteiger partial charge in [-0.3, -0.25) is 0 Å². The number of benzene rings is 3. The van der Waals surface area contributed by atoms with Crippen LogP contribution in [0, 0.1) is 6.92 Å². The van der Waals surface area contributed by atoms with Gasteiger partial charge in [0.05, 0.1) is 22.4 Å². The van der Waals surface area contributed by atoms with Crippen molar-refractivity contribution in [1.29, 1.82) is 0 Å². The van der Waals surface area contributed by atoms with Gasteiger partial charge in [0.15, 0.2) is 5.60 Å². The summed E-state index contributed by atoms with van der Waals surface area (Å²) in [5.41, 5.74) is 2.54. The minimum atomic E-state index is -1.51. The van der Waals surface area contributed by atoms with Crippen molar-refractivity contribution in [3.8, 4) is 11.1 Å². The van der Waals surface area contributed by atoms with E-state index in [1.54, 1.807) is 18.3 Å². The van der Waals surface area contributed by atoms with Crippen LogP contribution in [0.15, 0.2) is 79.0 Å². The summed E-state index contributed by atoms with van der Waals surface area (Å²) in [6.07, 6.45) is 1.69. The summed E-state index contributed by atoms with van der Waals surface area (Å²) < 4.78 is 1.87. The van der Waals surface area contributed by atoms with Crippen molar-refractivity contribution in [2.75, 3.05) is 0 Å². The SMILES string of the molecule is Cc1ncc(C(O)(c2ccc(Cl)cc2)c2ccc3nc(Cl)c(-c4ccccc4)c(Cl)c3c2)n1C. The molecule has 1 N–H and O–H groups in total. The number of rotatable bonds is 4. The molecule has 3 aromatic carbocycles. The number of hydrogen-bond donors (Lipinski definition) is 1. The van der Waals surface area contributed by atoms with E-state index >= 15 is 0 Å². The molecule has 0 amide bonds. The van der Waals surface area contributed by atoms with Crippen molar-refractivity contribution in [3.05, 3.63) is 117 Å². The Morgan fingerprint density at radius 3 is 2.21 bits per heavy atom. The van der Waals surface area contributed by atoms with E-state index in [2.05, 4.69) is 9.97 Å². The van der Waals surface area contributed by atoms with Crippen molar-refractivity contribution < 1.29 is 5.11 Å². The number of imidazole rings is 1. The summed E-state index contributed by atoms with van der Waals surface area (Å²) >= 11 is 19.6. The van der Waals surface area contributed by atoms with Crippen LogP contribution in [-0.2, 0) is 12.6 Å². The third kappa shape index (κ3) is 3.68. The second-order valence-electron chi connectivity index (χ2n) is 8.16. The summed E-state index contributed by atoms with van der Waals surface area (Å²) in [5.74, 6) is 0.779. The largest absolute Gasteiger partial charge is 0.374 e. The number of fused-ring (bicyclic) bond motifs is 1. The molecule has 0 radical (unpaired) electrons. The van der Waals surface area contributed by atoms with Gasteiger partial charge in [-0.25, -0.2) is 9.97 Å². The van der Waals surface area contributed by atoms with E-state index in [9.17, 15) is 5.11 Å². The van der Waals surface area contributed by atoms with Crippen LogP contribution in [0.3, 0.4) is 0 Å². The molecule has 4 nitrogen and oxygen atoms in total. The van der Waals surface area contributed by atoms with Gasteiger partial charge in [0.1, 0.15) is 11.0 Å². The molecule has 170 valence electrons. The Balaban J connectivity index is 1.79. The standard InChI is InChI=1S/C27H20Cl3N3O/c1-16-31-15-23(33(16)2)27(34,18-8-11-20(28)12-9-18)19-10-13-22-21(14-19)25(29)24(26(30)32-22)17-6-4-3-5-7-17/h3-15,34H,1-2H3. The second kappa shape index (κ2) is 8.71. The van der Waals surface area contributed by atoms with Gasteiger partial charge in [-0.15, -0.1) is 0 Å². The van der Waals surface area contributed by atoms with E-state index in [1.807, 2.05) is 79.2 Å². The third-order valence-electron chi connectivity index (χ3n) is 6.21. The fraction of sp³-hybridized carbons (Fsp3) is 0.111. The topological polar surface area (TPSA) is 50.9 Å². The number of nitrogens with zero attached hydrogens (tertiary/aromatic N) is 3. The molecule has 0 saturated heterocycles. The van der Waals surface area contributed by atoms with Gasteiger partial charge in [-0.1, -0.05) is 83.3 Å². The zero-order valence-corrected chi connectivity index (χ0v) is 20.7. The quantitative estimate of drug-likeness (QED) is 0.261. The first-order chi connectivity index (χ1) is 16.3. The Hall–Kier alpha value is -2.89. The molecule has 0 saturated carbocycles. The van der Waals surface area contributed by atoms with E-state index in [0.717, 1.165) is 11.4 Å². The fourth-order valence-corrected chi connectivity index (χ4v) is 5.08. The zero-order chi connectivity index (χ0) is 24.0. The predicted molar refractivity (Wildman–Crippen MR) is 139 cm³/mol. The molecule has 1 unspecified atom stereocenters. The van der Waals surface area contributed by atoms with E-state index in [0.29, 0.717) is 48.5 Å². The molecule has 1 atom stereocenters. The molecule has 0 spiro atoms. The lowest BCUT2D eigenvalue weighted by molar-refractivity contribution is 0.117. The van der Waals surface area contributed by atoms with Crippen LogP contribution in [0.1, 0.15) is 22.6 Å². The Morgan fingerprint density at radius 2 is 1.56 bits per heavy atom. The van der Waals surface area contributed by atoms with Crippen molar-refractivity contribution >= 4 is 45.7 Å². The molecule has 2 heterocycles. The van der Waals surface area contributed by atoms with E-state index in [-0.39, 0.29) is 0 Å². The smallest absolute Gasteiger partial charge is 0.156 e. The molecule has 0 aliphatic rings. The van der Waals surface area contributed by atoms with Gasteiger partial charge in [-0.2, -0.15) is 0 Å². The van der Waals surface area contributed by atoms with Crippen LogP contribution in [0.5, 0.6) is 0 Å². The van der Waals surface area contributed by atoms with Crippen LogP contribution in [0.4, 0.5) is 0 Å². The molecule has 0 bridgehead atoms. The lowest BCUT2D eigenvalue weighted by Gasteiger charge is -2.30. The number of aryl methyl sites for hydroxylation is 1. The molecule has 0 fully saturated rings. The van der Waals surface area contributed by atoms with Gasteiger partial charge in [-0.05, 0) is 47.9 Å². The molecule has 0 aliphatic carbocycles. The molecular weight excluding hydrogens is 489 g/mol. The minimum absolute atomic E-state index is 0.326. The summed E-state index contributed by atoms with van der Waals surface area (Å²) in [6, 6.07) is 22.3. The highest BCUT2D eigenvalue weighted by Crippen LogP contribution is 2.42. The van der Waals surface area contributed by atoms with Gasteiger partial charge < -0.3 is 9.67 Å². The van der Waals surface area contributed by atoms with Gasteiger partial charge in [0.2, 0.25) is 0 Å². The van der Waals surface area contributed by atoms with Crippen molar-refractivity contribution in [1.82, 2.24) is 14.5 Å². The molecule has 5 rings (SSSR count). The molecule has 5 aromatic rings. The number of pyridine rings is 1. The van der Waals surface area contributed by atoms with E-state index < -0.39 is 5.60 Å². The van der Waals surface area contributed by atoms with Gasteiger partial charge >= 0.3 is 0 Å². The lowest BCUT2D eigenvalue weighted by atomic mass is 9.83. The normalized spacial score (nSPS) is 13.2. The molecule has 2 aromatic heterocycles. The average molecular weight is 509 g/mol. The van der Waals surface area contributed by atoms with Crippen LogP contribution in [0.2, 0.25) is 15.2 Å². The summed E-state index contributed by atoms with van der Waals surface area (Å²) in [4.78, 5) is 9.00. The fourth-order valence-electron chi connectivity index (χ4n) is 4.26. The average Bonchev–Trinajstić information content (AvgIpc) is 3.18. The number of halogens is 3. The highest BCUT2D eigenvalue weighted by atomic mass is 35.5. The number of hydrogen-bond acceptors (Lipinski definition) is 3. The summed E-state index contributed by atoms with van der Waals surface area (Å²) in [7, 11) is 1.88. The van der Waals surface area contributed by atoms with Crippen molar-refractivity contribution in [2.24, 2.45) is 7.05 Å². The maximum absolute atomic E-state index is 12.3. The summed E-state index contributed by atoms with van der Waals surface area (Å²) in [6.45, 7) is 1.89. The van der Waals surface area contributed by atoms with Gasteiger partial charge in [0, 0.05) is 23.0 Å². The molecule has 7 heteroatoms. The maximum atomic E-state index is 12.3. The van der Waals surface area contributed by atoms with Crippen LogP contribution in [0.25, 0.3) is 22.0 Å². The van der Waals surface area contributed by atoms with Crippen LogP contribution >= 0.6 is 34.8 Å². The predicted octanol–water partition coefficient (Wildman–Crippen LogP) is 7.19. The van der Waals surface area contributed by atoms with Gasteiger partial charge in [0.25, 0.3) is 0 Å². The van der Waals surface area contributed by atoms with E-state index in [4.69, 9.17) is 34.8 Å². The first kappa shape index (κ1) is 22.9. The lowest BCUT2D eigenvalue weighted by Crippen LogP contribution is -2.31. The van der Waals surface area contributed by atoms with Crippen LogP contribution in [-0.4, -0.2) is 19.6 Å². The Bertz CT molecular complexity index is 1510. The zero-order valence-electron chi connectivity index (χ0n) is 18.4. The Labute approximate surface area is 212 Å². The number of aromatic nitrogens is 3. The molecular formula is C27H20Cl3N3O. The Morgan fingerprint density at radius 1 is 0.882 bits per heavy atom. The van der Waals surface area contributed by atoms with Crippen LogP contribution < -0.4 is 0 Å². The monoisotopic (exact) mass is 507 g/mol. The first-order valence-corrected chi connectivity index (χ1v) is 11.8. The maximum Gasteiger partial charge on any atom is 0.156 e. The molecule has 34 heavy (non-hydrogen) atoms. The number of aliphatic hydroxyl groups is 1. The van der Waals surface area contributed by atoms with E-state index in [1.165, 1.54) is 0 Å². The highest BCUT2D eigenvalue weighted by molar-refractivity contribution is 6.42.